The highest BCUT2D eigenvalue weighted by molar-refractivity contribution is 5.96. The Morgan fingerprint density at radius 3 is 1.91 bits per heavy atom. The summed E-state index contributed by atoms with van der Waals surface area (Å²) in [6, 6.07) is 5.38. The number of unbranched alkanes of at least 4 members (excludes halogenated alkanes) is 1. The monoisotopic (exact) mass is 481 g/mol. The van der Waals surface area contributed by atoms with Crippen LogP contribution in [0, 0.1) is 0 Å². The number of pyridine rings is 3. The van der Waals surface area contributed by atoms with Crippen LogP contribution < -0.4 is 14.2 Å². The minimum atomic E-state index is 0.119. The van der Waals surface area contributed by atoms with Crippen LogP contribution in [0.5, 0.6) is 17.2 Å². The van der Waals surface area contributed by atoms with E-state index in [1.807, 2.05) is 19.2 Å². The molecule has 0 unspecified atom stereocenters. The molecule has 3 heterocycles. The van der Waals surface area contributed by atoms with Gasteiger partial charge in [0.1, 0.15) is 17.2 Å². The number of ether oxygens (including phenoxy) is 3. The van der Waals surface area contributed by atoms with Gasteiger partial charge in [0.05, 0.1) is 39.9 Å². The fourth-order valence-electron chi connectivity index (χ4n) is 2.76. The van der Waals surface area contributed by atoms with E-state index in [-0.39, 0.29) is 5.78 Å². The van der Waals surface area contributed by atoms with Gasteiger partial charge in [-0.3, -0.25) is 24.5 Å². The summed E-state index contributed by atoms with van der Waals surface area (Å²) in [5, 5.41) is 0. The Balaban J connectivity index is 0.000000265. The summed E-state index contributed by atoms with van der Waals surface area (Å²) in [6.07, 6.45) is 15.5. The number of aromatic nitrogens is 3. The van der Waals surface area contributed by atoms with E-state index in [0.29, 0.717) is 29.0 Å². The Bertz CT molecular complexity index is 1030. The van der Waals surface area contributed by atoms with Gasteiger partial charge in [-0.25, -0.2) is 0 Å². The molecule has 0 N–H and O–H groups in total. The zero-order chi connectivity index (χ0) is 25.9. The highest BCUT2D eigenvalue weighted by Crippen LogP contribution is 2.13. The summed E-state index contributed by atoms with van der Waals surface area (Å²) >= 11 is 0. The molecule has 0 amide bonds. The van der Waals surface area contributed by atoms with Gasteiger partial charge < -0.3 is 14.2 Å². The smallest absolute Gasteiger partial charge is 0.164 e. The van der Waals surface area contributed by atoms with Gasteiger partial charge in [-0.05, 0) is 43.0 Å². The molecule has 0 aliphatic carbocycles. The fraction of sp³-hybridized carbons (Fsp3) is 0.370. The predicted molar refractivity (Wildman–Crippen MR) is 136 cm³/mol. The first kappa shape index (κ1) is 29.2. The molecule has 8 nitrogen and oxygen atoms in total. The van der Waals surface area contributed by atoms with E-state index in [0.717, 1.165) is 24.9 Å². The fourth-order valence-corrected chi connectivity index (χ4v) is 2.76. The summed E-state index contributed by atoms with van der Waals surface area (Å²) < 4.78 is 14.9. The Morgan fingerprint density at radius 1 is 0.771 bits per heavy atom. The van der Waals surface area contributed by atoms with E-state index >= 15 is 0 Å². The van der Waals surface area contributed by atoms with Crippen molar-refractivity contribution in [1.82, 2.24) is 15.0 Å². The van der Waals surface area contributed by atoms with Crippen molar-refractivity contribution in [2.75, 3.05) is 21.3 Å². The van der Waals surface area contributed by atoms with Crippen molar-refractivity contribution in [1.29, 1.82) is 0 Å². The number of carbonyl (C=O) groups excluding carboxylic acids is 2. The summed E-state index contributed by atoms with van der Waals surface area (Å²) in [7, 11) is 4.76. The van der Waals surface area contributed by atoms with Crippen LogP contribution in [0.25, 0.3) is 0 Å². The maximum absolute atomic E-state index is 11.4. The molecule has 3 aromatic heterocycles. The molecule has 0 saturated heterocycles. The van der Waals surface area contributed by atoms with Crippen molar-refractivity contribution in [2.45, 2.75) is 46.0 Å². The van der Waals surface area contributed by atoms with Crippen LogP contribution in [0.4, 0.5) is 0 Å². The number of Topliss-reactive ketones (excluding diaryl/α,β-unsaturated/α-hetero) is 1. The normalized spacial score (nSPS) is 9.51. The molecule has 0 atom stereocenters. The van der Waals surface area contributed by atoms with E-state index in [1.165, 1.54) is 31.7 Å². The van der Waals surface area contributed by atoms with Crippen LogP contribution in [0.15, 0.2) is 55.4 Å². The van der Waals surface area contributed by atoms with Crippen molar-refractivity contribution < 1.29 is 23.8 Å². The molecule has 0 aromatic carbocycles. The molecule has 0 saturated carbocycles. The first-order valence-corrected chi connectivity index (χ1v) is 11.5. The lowest BCUT2D eigenvalue weighted by atomic mass is 10.1. The Labute approximate surface area is 207 Å². The third kappa shape index (κ3) is 11.7. The van der Waals surface area contributed by atoms with Crippen molar-refractivity contribution in [2.24, 2.45) is 0 Å². The first-order valence-electron chi connectivity index (χ1n) is 11.5. The van der Waals surface area contributed by atoms with E-state index in [2.05, 4.69) is 21.9 Å². The second-order valence-electron chi connectivity index (χ2n) is 7.40. The molecule has 188 valence electrons. The average molecular weight is 482 g/mol. The lowest BCUT2D eigenvalue weighted by Gasteiger charge is -2.01. The Hall–Kier alpha value is -3.81. The van der Waals surface area contributed by atoms with Gasteiger partial charge in [0, 0.05) is 36.1 Å². The van der Waals surface area contributed by atoms with Crippen LogP contribution in [0.3, 0.4) is 0 Å². The third-order valence-electron chi connectivity index (χ3n) is 4.68. The number of hydrogen-bond acceptors (Lipinski definition) is 8. The quantitative estimate of drug-likeness (QED) is 0.280. The number of carbonyl (C=O) groups is 2. The molecule has 0 fully saturated rings. The van der Waals surface area contributed by atoms with E-state index in [4.69, 9.17) is 14.2 Å². The van der Waals surface area contributed by atoms with Crippen molar-refractivity contribution >= 4 is 12.1 Å². The number of methoxy groups -OCH3 is 3. The maximum Gasteiger partial charge on any atom is 0.164 e. The largest absolute Gasteiger partial charge is 0.495 e. The molecule has 0 aliphatic rings. The van der Waals surface area contributed by atoms with Crippen molar-refractivity contribution in [3.05, 3.63) is 72.1 Å². The van der Waals surface area contributed by atoms with Crippen LogP contribution in [-0.4, -0.2) is 48.4 Å². The van der Waals surface area contributed by atoms with Crippen LogP contribution in [-0.2, 0) is 6.42 Å². The van der Waals surface area contributed by atoms with Gasteiger partial charge in [0.25, 0.3) is 0 Å². The van der Waals surface area contributed by atoms with E-state index in [9.17, 15) is 9.59 Å². The van der Waals surface area contributed by atoms with Gasteiger partial charge in [-0.1, -0.05) is 20.3 Å². The van der Waals surface area contributed by atoms with Gasteiger partial charge >= 0.3 is 0 Å². The summed E-state index contributed by atoms with van der Waals surface area (Å²) in [5.74, 6) is 2.20. The lowest BCUT2D eigenvalue weighted by molar-refractivity contribution is 0.0980. The minimum absolute atomic E-state index is 0.119. The molecule has 0 aliphatic heterocycles. The molecule has 0 spiro atoms. The minimum Gasteiger partial charge on any atom is -0.495 e. The van der Waals surface area contributed by atoms with Gasteiger partial charge in [0.2, 0.25) is 0 Å². The third-order valence-corrected chi connectivity index (χ3v) is 4.68. The second-order valence-corrected chi connectivity index (χ2v) is 7.40. The topological polar surface area (TPSA) is 100 Å². The first-order chi connectivity index (χ1) is 17.0. The standard InChI is InChI=1S/C10H13NO2.C10H15NO.C7H7NO2/c1-3-4-10(12)8-5-9(13-2)7-11-6-8;1-3-4-5-9-6-10(12-2)8-11-7-9;1-10-7-2-6(5-9)3-8-4-7/h5-7H,3-4H2,1-2H3;6-8H,3-5H2,1-2H3;2-5H,1H3. The molecule has 3 aromatic rings. The number of ketones is 1. The number of aryl methyl sites for hydroxylation is 1. The highest BCUT2D eigenvalue weighted by Gasteiger charge is 2.05. The second kappa shape index (κ2) is 17.6. The SMILES string of the molecule is CCCC(=O)c1cncc(OC)c1.CCCCc1cncc(OC)c1.COc1cncc(C=O)c1. The summed E-state index contributed by atoms with van der Waals surface area (Å²) in [4.78, 5) is 33.4. The highest BCUT2D eigenvalue weighted by atomic mass is 16.5. The number of rotatable bonds is 10. The van der Waals surface area contributed by atoms with Gasteiger partial charge in [0.15, 0.2) is 12.1 Å². The zero-order valence-electron chi connectivity index (χ0n) is 21.2. The number of aldehydes is 1. The molecular weight excluding hydrogens is 446 g/mol. The molecule has 0 radical (unpaired) electrons. The molecule has 3 rings (SSSR count). The zero-order valence-corrected chi connectivity index (χ0v) is 21.2. The van der Waals surface area contributed by atoms with Crippen LogP contribution in [0.2, 0.25) is 0 Å². The van der Waals surface area contributed by atoms with Crippen LogP contribution >= 0.6 is 0 Å². The van der Waals surface area contributed by atoms with Crippen LogP contribution in [0.1, 0.15) is 65.8 Å². The average Bonchev–Trinajstić information content (AvgIpc) is 2.92. The molecule has 35 heavy (non-hydrogen) atoms. The maximum atomic E-state index is 11.4. The Kier molecular flexibility index (Phi) is 14.7. The number of nitrogens with zero attached hydrogens (tertiary/aromatic N) is 3. The van der Waals surface area contributed by atoms with Crippen molar-refractivity contribution in [3.8, 4) is 17.2 Å². The summed E-state index contributed by atoms with van der Waals surface area (Å²) in [5.41, 5.74) is 2.41. The lowest BCUT2D eigenvalue weighted by Crippen LogP contribution is -1.99. The van der Waals surface area contributed by atoms with Crippen molar-refractivity contribution in [3.63, 3.8) is 0 Å². The predicted octanol–water partition coefficient (Wildman–Crippen LogP) is 5.41. The molecular formula is C27H35N3O5. The van der Waals surface area contributed by atoms with Gasteiger partial charge in [-0.15, -0.1) is 0 Å². The molecule has 0 bridgehead atoms. The Morgan fingerprint density at radius 2 is 1.34 bits per heavy atom. The summed E-state index contributed by atoms with van der Waals surface area (Å²) in [6.45, 7) is 4.17. The van der Waals surface area contributed by atoms with Gasteiger partial charge in [-0.2, -0.15) is 0 Å². The molecule has 8 heteroatoms. The number of hydrogen-bond donors (Lipinski definition) is 0. The van der Waals surface area contributed by atoms with E-state index in [1.54, 1.807) is 51.1 Å². The van der Waals surface area contributed by atoms with E-state index < -0.39 is 0 Å².